The van der Waals surface area contributed by atoms with Crippen LogP contribution in [0.1, 0.15) is 51.0 Å². The Bertz CT molecular complexity index is 698. The van der Waals surface area contributed by atoms with Crippen molar-refractivity contribution in [1.82, 2.24) is 9.80 Å². The SMILES string of the molecule is CCc1ccc(NC(=O)N2CCC[C@]3(CCC(=O)N(CC4CC4)C3)C2)cc1. The normalized spacial score (nSPS) is 25.7. The van der Waals surface area contributed by atoms with Gasteiger partial charge in [0.1, 0.15) is 0 Å². The summed E-state index contributed by atoms with van der Waals surface area (Å²) in [4.78, 5) is 29.2. The summed E-state index contributed by atoms with van der Waals surface area (Å²) in [7, 11) is 0. The number of piperidine rings is 2. The van der Waals surface area contributed by atoms with Crippen molar-refractivity contribution in [1.29, 1.82) is 0 Å². The van der Waals surface area contributed by atoms with Gasteiger partial charge in [-0.15, -0.1) is 0 Å². The van der Waals surface area contributed by atoms with E-state index < -0.39 is 0 Å². The summed E-state index contributed by atoms with van der Waals surface area (Å²) in [6.45, 7) is 5.45. The molecule has 2 saturated heterocycles. The summed E-state index contributed by atoms with van der Waals surface area (Å²) in [5.74, 6) is 1.03. The Labute approximate surface area is 162 Å². The Morgan fingerprint density at radius 1 is 1.19 bits per heavy atom. The van der Waals surface area contributed by atoms with Crippen LogP contribution in [0.25, 0.3) is 0 Å². The third-order valence-electron chi connectivity index (χ3n) is 6.49. The fourth-order valence-electron chi connectivity index (χ4n) is 4.62. The van der Waals surface area contributed by atoms with Crippen molar-refractivity contribution in [3.05, 3.63) is 29.8 Å². The van der Waals surface area contributed by atoms with Gasteiger partial charge in [0.2, 0.25) is 5.91 Å². The number of carbonyl (C=O) groups is 2. The summed E-state index contributed by atoms with van der Waals surface area (Å²) >= 11 is 0. The molecular formula is C22H31N3O2. The van der Waals surface area contributed by atoms with Crippen molar-refractivity contribution >= 4 is 17.6 Å². The summed E-state index contributed by atoms with van der Waals surface area (Å²) < 4.78 is 0. The Kier molecular flexibility index (Phi) is 5.11. The summed E-state index contributed by atoms with van der Waals surface area (Å²) in [5.41, 5.74) is 2.21. The molecule has 1 aromatic carbocycles. The maximum Gasteiger partial charge on any atom is 0.321 e. The number of hydrogen-bond donors (Lipinski definition) is 1. The van der Waals surface area contributed by atoms with E-state index in [0.29, 0.717) is 12.3 Å². The molecule has 1 N–H and O–H groups in total. The van der Waals surface area contributed by atoms with Gasteiger partial charge in [-0.1, -0.05) is 19.1 Å². The molecule has 27 heavy (non-hydrogen) atoms. The largest absolute Gasteiger partial charge is 0.342 e. The first-order chi connectivity index (χ1) is 13.1. The molecule has 1 aliphatic carbocycles. The number of aryl methyl sites for hydroxylation is 1. The van der Waals surface area contributed by atoms with Crippen LogP contribution in [0.5, 0.6) is 0 Å². The molecule has 0 aromatic heterocycles. The summed E-state index contributed by atoms with van der Waals surface area (Å²) in [6, 6.07) is 8.08. The molecule has 146 valence electrons. The number of carbonyl (C=O) groups excluding carboxylic acids is 2. The van der Waals surface area contributed by atoms with Crippen molar-refractivity contribution in [3.8, 4) is 0 Å². The quantitative estimate of drug-likeness (QED) is 0.875. The molecule has 1 saturated carbocycles. The molecule has 1 atom stereocenters. The highest BCUT2D eigenvalue weighted by Gasteiger charge is 2.43. The first-order valence-corrected chi connectivity index (χ1v) is 10.5. The van der Waals surface area contributed by atoms with Crippen LogP contribution in [0.15, 0.2) is 24.3 Å². The number of anilines is 1. The zero-order valence-electron chi connectivity index (χ0n) is 16.4. The number of nitrogens with one attached hydrogen (secondary N) is 1. The van der Waals surface area contributed by atoms with E-state index in [-0.39, 0.29) is 11.4 Å². The van der Waals surface area contributed by atoms with Crippen LogP contribution >= 0.6 is 0 Å². The Morgan fingerprint density at radius 3 is 2.67 bits per heavy atom. The van der Waals surface area contributed by atoms with Gasteiger partial charge in [0, 0.05) is 43.7 Å². The van der Waals surface area contributed by atoms with Crippen LogP contribution < -0.4 is 5.32 Å². The van der Waals surface area contributed by atoms with Crippen molar-refractivity contribution in [2.45, 2.75) is 51.9 Å². The van der Waals surface area contributed by atoms with E-state index in [1.165, 1.54) is 18.4 Å². The molecular weight excluding hydrogens is 338 g/mol. The maximum atomic E-state index is 12.8. The van der Waals surface area contributed by atoms with Crippen LogP contribution in [0.4, 0.5) is 10.5 Å². The lowest BCUT2D eigenvalue weighted by Gasteiger charge is -2.48. The molecule has 1 aromatic rings. The van der Waals surface area contributed by atoms with Gasteiger partial charge in [-0.25, -0.2) is 4.79 Å². The second-order valence-corrected chi connectivity index (χ2v) is 8.72. The van der Waals surface area contributed by atoms with Gasteiger partial charge in [0.15, 0.2) is 0 Å². The molecule has 0 radical (unpaired) electrons. The van der Waals surface area contributed by atoms with Gasteiger partial charge in [0.25, 0.3) is 0 Å². The van der Waals surface area contributed by atoms with Gasteiger partial charge in [-0.05, 0) is 62.1 Å². The van der Waals surface area contributed by atoms with Gasteiger partial charge in [-0.2, -0.15) is 0 Å². The van der Waals surface area contributed by atoms with Crippen LogP contribution in [-0.2, 0) is 11.2 Å². The Hall–Kier alpha value is -2.04. The highest BCUT2D eigenvalue weighted by molar-refractivity contribution is 5.89. The second-order valence-electron chi connectivity index (χ2n) is 8.72. The smallest absolute Gasteiger partial charge is 0.321 e. The minimum absolute atomic E-state index is 0.0102. The lowest BCUT2D eigenvalue weighted by atomic mass is 9.73. The van der Waals surface area contributed by atoms with E-state index in [0.717, 1.165) is 63.5 Å². The fraction of sp³-hybridized carbons (Fsp3) is 0.636. The van der Waals surface area contributed by atoms with E-state index >= 15 is 0 Å². The summed E-state index contributed by atoms with van der Waals surface area (Å²) in [5, 5.41) is 3.05. The average molecular weight is 370 g/mol. The van der Waals surface area contributed by atoms with E-state index in [9.17, 15) is 9.59 Å². The minimum atomic E-state index is -0.0102. The highest BCUT2D eigenvalue weighted by atomic mass is 16.2. The summed E-state index contributed by atoms with van der Waals surface area (Å²) in [6.07, 6.45) is 7.23. The van der Waals surface area contributed by atoms with E-state index in [1.54, 1.807) is 0 Å². The average Bonchev–Trinajstić information content (AvgIpc) is 3.50. The van der Waals surface area contributed by atoms with Crippen LogP contribution in [-0.4, -0.2) is 47.9 Å². The van der Waals surface area contributed by atoms with Crippen molar-refractivity contribution in [2.75, 3.05) is 31.5 Å². The number of likely N-dealkylation sites (tertiary alicyclic amines) is 2. The maximum absolute atomic E-state index is 12.8. The molecule has 3 fully saturated rings. The second kappa shape index (κ2) is 7.53. The van der Waals surface area contributed by atoms with E-state index in [2.05, 4.69) is 29.3 Å². The predicted molar refractivity (Wildman–Crippen MR) is 107 cm³/mol. The topological polar surface area (TPSA) is 52.7 Å². The molecule has 3 amide bonds. The molecule has 0 bridgehead atoms. The van der Waals surface area contributed by atoms with Crippen LogP contribution in [0.3, 0.4) is 0 Å². The number of amides is 3. The van der Waals surface area contributed by atoms with Crippen LogP contribution in [0, 0.1) is 11.3 Å². The Morgan fingerprint density at radius 2 is 1.96 bits per heavy atom. The molecule has 0 unspecified atom stereocenters. The Balaban J connectivity index is 1.39. The molecule has 2 aliphatic heterocycles. The first kappa shape index (κ1) is 18.3. The number of benzene rings is 1. The molecule has 1 spiro atoms. The van der Waals surface area contributed by atoms with Gasteiger partial charge < -0.3 is 15.1 Å². The highest BCUT2D eigenvalue weighted by Crippen LogP contribution is 2.40. The standard InChI is InChI=1S/C22H31N3O2/c1-2-17-6-8-19(9-7-17)23-21(27)24-13-3-11-22(15-24)12-10-20(26)25(16-22)14-18-4-5-18/h6-9,18H,2-5,10-16H2,1H3,(H,23,27)/t22-/m0/s1. The number of rotatable bonds is 4. The van der Waals surface area contributed by atoms with Crippen molar-refractivity contribution < 1.29 is 9.59 Å². The lowest BCUT2D eigenvalue weighted by molar-refractivity contribution is -0.139. The first-order valence-electron chi connectivity index (χ1n) is 10.5. The molecule has 4 rings (SSSR count). The molecule has 2 heterocycles. The van der Waals surface area contributed by atoms with E-state index in [4.69, 9.17) is 0 Å². The zero-order valence-corrected chi connectivity index (χ0v) is 16.4. The van der Waals surface area contributed by atoms with Gasteiger partial charge >= 0.3 is 6.03 Å². The monoisotopic (exact) mass is 369 g/mol. The minimum Gasteiger partial charge on any atom is -0.342 e. The number of urea groups is 1. The van der Waals surface area contributed by atoms with Crippen molar-refractivity contribution in [3.63, 3.8) is 0 Å². The lowest BCUT2D eigenvalue weighted by Crippen LogP contribution is -2.56. The molecule has 5 heteroatoms. The molecule has 3 aliphatic rings. The van der Waals surface area contributed by atoms with Crippen molar-refractivity contribution in [2.24, 2.45) is 11.3 Å². The third kappa shape index (κ3) is 4.28. The van der Waals surface area contributed by atoms with Gasteiger partial charge in [-0.3, -0.25) is 4.79 Å². The number of nitrogens with zero attached hydrogens (tertiary/aromatic N) is 2. The molecule has 5 nitrogen and oxygen atoms in total. The zero-order chi connectivity index (χ0) is 18.9. The van der Waals surface area contributed by atoms with Gasteiger partial charge in [0.05, 0.1) is 0 Å². The number of hydrogen-bond acceptors (Lipinski definition) is 2. The van der Waals surface area contributed by atoms with E-state index in [1.807, 2.05) is 17.0 Å². The third-order valence-corrected chi connectivity index (χ3v) is 6.49. The van der Waals surface area contributed by atoms with Crippen LogP contribution in [0.2, 0.25) is 0 Å². The fourth-order valence-corrected chi connectivity index (χ4v) is 4.62. The predicted octanol–water partition coefficient (Wildman–Crippen LogP) is 3.90.